The van der Waals surface area contributed by atoms with E-state index in [1.54, 1.807) is 0 Å². The first kappa shape index (κ1) is 17.9. The fraction of sp³-hybridized carbons (Fsp3) is 0.938. The number of rotatable bonds is 9. The van der Waals surface area contributed by atoms with E-state index in [4.69, 9.17) is 18.0 Å². The Hall–Kier alpha value is -0.433. The van der Waals surface area contributed by atoms with Crippen molar-refractivity contribution in [1.82, 2.24) is 0 Å². The average molecular weight is 330 g/mol. The molecule has 0 heterocycles. The van der Waals surface area contributed by atoms with Crippen LogP contribution < -0.4 is 0 Å². The van der Waals surface area contributed by atoms with Crippen LogP contribution in [0.5, 0.6) is 0 Å². The maximum absolute atomic E-state index is 12.0. The summed E-state index contributed by atoms with van der Waals surface area (Å²) in [6.45, 7) is 7.77. The van der Waals surface area contributed by atoms with Gasteiger partial charge < -0.3 is 18.0 Å². The van der Waals surface area contributed by atoms with E-state index < -0.39 is 8.80 Å². The van der Waals surface area contributed by atoms with Gasteiger partial charge in [0.25, 0.3) is 0 Å². The first-order chi connectivity index (χ1) is 10.6. The molecule has 3 unspecified atom stereocenters. The van der Waals surface area contributed by atoms with Gasteiger partial charge in [-0.15, -0.1) is 0 Å². The molecule has 4 atom stereocenters. The van der Waals surface area contributed by atoms with Gasteiger partial charge >= 0.3 is 14.8 Å². The summed E-state index contributed by atoms with van der Waals surface area (Å²) in [5.41, 5.74) is 0. The molecule has 0 aromatic heterocycles. The lowest BCUT2D eigenvalue weighted by atomic mass is 9.81. The number of carbonyl (C=O) groups excluding carboxylic acids is 1. The molecule has 0 aliphatic heterocycles. The van der Waals surface area contributed by atoms with Crippen molar-refractivity contribution >= 4 is 14.8 Å². The zero-order chi connectivity index (χ0) is 16.2. The summed E-state index contributed by atoms with van der Waals surface area (Å²) in [6.07, 6.45) is 3.29. The fourth-order valence-corrected chi connectivity index (χ4v) is 7.47. The Bertz CT molecular complexity index is 359. The minimum atomic E-state index is -2.62. The Morgan fingerprint density at radius 2 is 1.59 bits per heavy atom. The lowest BCUT2D eigenvalue weighted by Gasteiger charge is -2.35. The van der Waals surface area contributed by atoms with Gasteiger partial charge in [-0.3, -0.25) is 4.79 Å². The fourth-order valence-electron chi connectivity index (χ4n) is 4.44. The van der Waals surface area contributed by atoms with Gasteiger partial charge in [0.15, 0.2) is 0 Å². The van der Waals surface area contributed by atoms with E-state index in [1.807, 2.05) is 20.8 Å². The van der Waals surface area contributed by atoms with Crippen molar-refractivity contribution < 1.29 is 22.8 Å². The number of esters is 1. The second-order valence-electron chi connectivity index (χ2n) is 6.31. The van der Waals surface area contributed by atoms with Crippen LogP contribution >= 0.6 is 0 Å². The van der Waals surface area contributed by atoms with E-state index >= 15 is 0 Å². The molecule has 2 saturated carbocycles. The van der Waals surface area contributed by atoms with Crippen molar-refractivity contribution in [2.24, 2.45) is 23.7 Å². The molecule has 2 fully saturated rings. The predicted octanol–water partition coefficient (Wildman–Crippen LogP) is 2.87. The van der Waals surface area contributed by atoms with Crippen LogP contribution in [0.15, 0.2) is 0 Å². The van der Waals surface area contributed by atoms with E-state index in [0.717, 1.165) is 18.9 Å². The normalized spacial score (nSPS) is 30.7. The molecule has 0 N–H and O–H groups in total. The lowest BCUT2D eigenvalue weighted by Crippen LogP contribution is -2.48. The Labute approximate surface area is 135 Å². The highest BCUT2D eigenvalue weighted by atomic mass is 28.4. The van der Waals surface area contributed by atoms with E-state index in [-0.39, 0.29) is 11.9 Å². The van der Waals surface area contributed by atoms with Gasteiger partial charge in [-0.05, 0) is 57.8 Å². The van der Waals surface area contributed by atoms with Gasteiger partial charge in [-0.25, -0.2) is 0 Å². The second-order valence-corrected chi connectivity index (χ2v) is 8.95. The smallest absolute Gasteiger partial charge is 0.469 e. The molecule has 22 heavy (non-hydrogen) atoms. The minimum absolute atomic E-state index is 0.0475. The van der Waals surface area contributed by atoms with Gasteiger partial charge in [0.1, 0.15) is 0 Å². The van der Waals surface area contributed by atoms with Crippen molar-refractivity contribution in [3.63, 3.8) is 0 Å². The maximum Gasteiger partial charge on any atom is 0.501 e. The quantitative estimate of drug-likeness (QED) is 0.481. The zero-order valence-electron chi connectivity index (χ0n) is 14.3. The summed E-state index contributed by atoms with van der Waals surface area (Å²) >= 11 is 0. The van der Waals surface area contributed by atoms with Crippen molar-refractivity contribution in [1.29, 1.82) is 0 Å². The molecule has 2 aliphatic rings. The summed E-state index contributed by atoms with van der Waals surface area (Å²) in [5.74, 6) is 1.53. The lowest BCUT2D eigenvalue weighted by molar-refractivity contribution is -0.148. The van der Waals surface area contributed by atoms with Crippen molar-refractivity contribution in [3.05, 3.63) is 0 Å². The van der Waals surface area contributed by atoms with Crippen molar-refractivity contribution in [2.45, 2.75) is 46.1 Å². The Morgan fingerprint density at radius 3 is 2.05 bits per heavy atom. The molecule has 5 nitrogen and oxygen atoms in total. The van der Waals surface area contributed by atoms with Gasteiger partial charge in [0.05, 0.1) is 13.0 Å². The predicted molar refractivity (Wildman–Crippen MR) is 85.3 cm³/mol. The van der Waals surface area contributed by atoms with Crippen LogP contribution in [0.25, 0.3) is 0 Å². The summed E-state index contributed by atoms with van der Waals surface area (Å²) in [4.78, 5) is 12.0. The highest BCUT2D eigenvalue weighted by Crippen LogP contribution is 2.54. The highest BCUT2D eigenvalue weighted by Gasteiger charge is 2.54. The van der Waals surface area contributed by atoms with Crippen LogP contribution in [0.1, 0.15) is 40.0 Å². The standard InChI is InChI=1S/C16H30O5Si/c1-5-19-22(20-6-2,21-7-3)11-13-8-12-9-14(13)15(10-12)16(17)18-4/h12-15H,5-11H2,1-4H3/t12-,13?,14?,15?/m1/s1. The average Bonchev–Trinajstić information content (AvgIpc) is 3.07. The maximum atomic E-state index is 12.0. The van der Waals surface area contributed by atoms with Crippen LogP contribution in [-0.2, 0) is 22.8 Å². The van der Waals surface area contributed by atoms with E-state index in [2.05, 4.69) is 0 Å². The van der Waals surface area contributed by atoms with Crippen LogP contribution in [-0.4, -0.2) is 41.7 Å². The van der Waals surface area contributed by atoms with Crippen LogP contribution in [0.2, 0.25) is 6.04 Å². The third-order valence-corrected chi connectivity index (χ3v) is 8.27. The first-order valence-corrected chi connectivity index (χ1v) is 10.5. The van der Waals surface area contributed by atoms with Gasteiger partial charge in [0, 0.05) is 25.9 Å². The van der Waals surface area contributed by atoms with Crippen LogP contribution in [0.4, 0.5) is 0 Å². The van der Waals surface area contributed by atoms with Crippen LogP contribution in [0, 0.1) is 23.7 Å². The third-order valence-electron chi connectivity index (χ3n) is 5.06. The van der Waals surface area contributed by atoms with E-state index in [9.17, 15) is 4.79 Å². The SMILES string of the molecule is CCO[Si](CC1C[C@H]2CC(C(=O)OC)C1C2)(OCC)OCC. The molecule has 6 heteroatoms. The summed E-state index contributed by atoms with van der Waals surface area (Å²) in [5, 5.41) is 0. The van der Waals surface area contributed by atoms with Crippen molar-refractivity contribution in [3.8, 4) is 0 Å². The zero-order valence-corrected chi connectivity index (χ0v) is 15.3. The molecule has 0 saturated heterocycles. The number of hydrogen-bond donors (Lipinski definition) is 0. The molecule has 0 aromatic rings. The topological polar surface area (TPSA) is 54.0 Å². The number of ether oxygens (including phenoxy) is 1. The number of carbonyl (C=O) groups is 1. The first-order valence-electron chi connectivity index (χ1n) is 8.58. The molecule has 2 bridgehead atoms. The Balaban J connectivity index is 2.08. The largest absolute Gasteiger partial charge is 0.501 e. The Morgan fingerprint density at radius 1 is 1.00 bits per heavy atom. The van der Waals surface area contributed by atoms with E-state index in [1.165, 1.54) is 13.5 Å². The molecular formula is C16H30O5Si. The number of methoxy groups -OCH3 is 1. The van der Waals surface area contributed by atoms with Crippen LogP contribution in [0.3, 0.4) is 0 Å². The molecule has 128 valence electrons. The molecule has 0 amide bonds. The molecule has 0 radical (unpaired) electrons. The molecule has 0 spiro atoms. The number of fused-ring (bicyclic) bond motifs is 2. The van der Waals surface area contributed by atoms with E-state index in [0.29, 0.717) is 37.6 Å². The molecule has 0 aromatic carbocycles. The molecule has 2 aliphatic carbocycles. The van der Waals surface area contributed by atoms with Gasteiger partial charge in [0.2, 0.25) is 0 Å². The summed E-state index contributed by atoms with van der Waals surface area (Å²) < 4.78 is 22.9. The second kappa shape index (κ2) is 7.90. The van der Waals surface area contributed by atoms with Gasteiger partial charge in [-0.2, -0.15) is 0 Å². The summed E-state index contributed by atoms with van der Waals surface area (Å²) in [7, 11) is -1.14. The monoisotopic (exact) mass is 330 g/mol. The number of hydrogen-bond acceptors (Lipinski definition) is 5. The molecular weight excluding hydrogens is 300 g/mol. The van der Waals surface area contributed by atoms with Gasteiger partial charge in [-0.1, -0.05) is 0 Å². The highest BCUT2D eigenvalue weighted by molar-refractivity contribution is 6.60. The Kier molecular flexibility index (Phi) is 6.43. The third kappa shape index (κ3) is 3.72. The summed E-state index contributed by atoms with van der Waals surface area (Å²) in [6, 6.07) is 0.831. The minimum Gasteiger partial charge on any atom is -0.469 e. The molecule has 2 rings (SSSR count). The van der Waals surface area contributed by atoms with Crippen molar-refractivity contribution in [2.75, 3.05) is 26.9 Å².